The van der Waals surface area contributed by atoms with Crippen molar-refractivity contribution in [2.75, 3.05) is 0 Å². The molecule has 0 aliphatic rings. The van der Waals surface area contributed by atoms with Crippen molar-refractivity contribution in [3.63, 3.8) is 0 Å². The number of nitrogens with zero attached hydrogens (tertiary/aromatic N) is 3. The van der Waals surface area contributed by atoms with E-state index in [2.05, 4.69) is 10.3 Å². The van der Waals surface area contributed by atoms with E-state index in [0.717, 1.165) is 5.69 Å². The van der Waals surface area contributed by atoms with Gasteiger partial charge in [0.25, 0.3) is 0 Å². The van der Waals surface area contributed by atoms with E-state index in [0.29, 0.717) is 17.7 Å². The molecule has 0 radical (unpaired) electrons. The molecule has 0 spiro atoms. The average molecular weight is 235 g/mol. The van der Waals surface area contributed by atoms with Crippen LogP contribution in [-0.2, 0) is 0 Å². The molecule has 0 aliphatic carbocycles. The van der Waals surface area contributed by atoms with E-state index in [-0.39, 0.29) is 5.82 Å². The van der Waals surface area contributed by atoms with Gasteiger partial charge in [0.2, 0.25) is 0 Å². The highest BCUT2D eigenvalue weighted by Crippen LogP contribution is 2.16. The number of aliphatic hydroxyl groups is 1. The van der Waals surface area contributed by atoms with Gasteiger partial charge in [0.1, 0.15) is 11.5 Å². The van der Waals surface area contributed by atoms with Gasteiger partial charge in [-0.1, -0.05) is 12.1 Å². The van der Waals surface area contributed by atoms with Gasteiger partial charge in [-0.3, -0.25) is 0 Å². The highest BCUT2D eigenvalue weighted by molar-refractivity contribution is 5.35. The number of aliphatic hydroxyl groups excluding tert-OH is 1. The van der Waals surface area contributed by atoms with Crippen molar-refractivity contribution >= 4 is 0 Å². The maximum Gasteiger partial charge on any atom is 0.126 e. The summed E-state index contributed by atoms with van der Waals surface area (Å²) in [5.74, 6) is -0.248. The summed E-state index contributed by atoms with van der Waals surface area (Å²) in [6, 6.07) is 4.70. The van der Waals surface area contributed by atoms with Gasteiger partial charge in [-0.15, -0.1) is 5.10 Å². The van der Waals surface area contributed by atoms with Gasteiger partial charge >= 0.3 is 0 Å². The SMILES string of the molecule is CCC(O)c1cn(-c2ccc(F)c(C)c2)nn1. The second-order valence-electron chi connectivity index (χ2n) is 3.95. The zero-order chi connectivity index (χ0) is 12.4. The van der Waals surface area contributed by atoms with Crippen LogP contribution in [0.15, 0.2) is 24.4 Å². The monoisotopic (exact) mass is 235 g/mol. The second-order valence-corrected chi connectivity index (χ2v) is 3.95. The van der Waals surface area contributed by atoms with Gasteiger partial charge in [-0.05, 0) is 37.1 Å². The fourth-order valence-electron chi connectivity index (χ4n) is 1.54. The van der Waals surface area contributed by atoms with E-state index in [1.807, 2.05) is 6.92 Å². The number of aryl methyl sites for hydroxylation is 1. The minimum absolute atomic E-state index is 0.248. The predicted molar refractivity (Wildman–Crippen MR) is 61.3 cm³/mol. The van der Waals surface area contributed by atoms with E-state index >= 15 is 0 Å². The number of hydrogen-bond donors (Lipinski definition) is 1. The first-order valence-electron chi connectivity index (χ1n) is 5.48. The molecule has 90 valence electrons. The van der Waals surface area contributed by atoms with E-state index in [1.54, 1.807) is 25.3 Å². The summed E-state index contributed by atoms with van der Waals surface area (Å²) < 4.78 is 14.6. The molecule has 1 heterocycles. The molecule has 2 aromatic rings. The number of halogens is 1. The van der Waals surface area contributed by atoms with E-state index in [4.69, 9.17) is 0 Å². The molecule has 0 saturated carbocycles. The highest BCUT2D eigenvalue weighted by atomic mass is 19.1. The number of benzene rings is 1. The fourth-order valence-corrected chi connectivity index (χ4v) is 1.54. The maximum absolute atomic E-state index is 13.1. The summed E-state index contributed by atoms with van der Waals surface area (Å²) in [7, 11) is 0. The predicted octanol–water partition coefficient (Wildman–Crippen LogP) is 2.16. The van der Waals surface area contributed by atoms with E-state index in [1.165, 1.54) is 10.7 Å². The minimum atomic E-state index is -0.606. The fraction of sp³-hybridized carbons (Fsp3) is 0.333. The van der Waals surface area contributed by atoms with Crippen molar-refractivity contribution in [2.45, 2.75) is 26.4 Å². The molecule has 2 rings (SSSR count). The molecule has 1 atom stereocenters. The quantitative estimate of drug-likeness (QED) is 0.886. The van der Waals surface area contributed by atoms with Crippen LogP contribution in [0.5, 0.6) is 0 Å². The lowest BCUT2D eigenvalue weighted by Crippen LogP contribution is -1.96. The summed E-state index contributed by atoms with van der Waals surface area (Å²) >= 11 is 0. The molecule has 1 aromatic heterocycles. The van der Waals surface area contributed by atoms with Gasteiger partial charge in [-0.2, -0.15) is 0 Å². The summed E-state index contributed by atoms with van der Waals surface area (Å²) in [5, 5.41) is 17.4. The van der Waals surface area contributed by atoms with Crippen LogP contribution in [0.25, 0.3) is 5.69 Å². The molecule has 0 bridgehead atoms. The van der Waals surface area contributed by atoms with Crippen molar-refractivity contribution in [3.05, 3.63) is 41.5 Å². The molecule has 0 saturated heterocycles. The number of hydrogen-bond acceptors (Lipinski definition) is 3. The smallest absolute Gasteiger partial charge is 0.126 e. The zero-order valence-electron chi connectivity index (χ0n) is 9.76. The van der Waals surface area contributed by atoms with Gasteiger partial charge in [0.15, 0.2) is 0 Å². The lowest BCUT2D eigenvalue weighted by atomic mass is 10.2. The summed E-state index contributed by atoms with van der Waals surface area (Å²) in [4.78, 5) is 0. The first kappa shape index (κ1) is 11.7. The summed E-state index contributed by atoms with van der Waals surface area (Å²) in [5.41, 5.74) is 1.80. The zero-order valence-corrected chi connectivity index (χ0v) is 9.76. The van der Waals surface area contributed by atoms with Crippen LogP contribution in [-0.4, -0.2) is 20.1 Å². The topological polar surface area (TPSA) is 50.9 Å². The molecule has 0 amide bonds. The van der Waals surface area contributed by atoms with Crippen LogP contribution >= 0.6 is 0 Å². The highest BCUT2D eigenvalue weighted by Gasteiger charge is 2.10. The number of rotatable bonds is 3. The van der Waals surface area contributed by atoms with Crippen molar-refractivity contribution in [1.82, 2.24) is 15.0 Å². The standard InChI is InChI=1S/C12H14FN3O/c1-3-12(17)11-7-16(15-14-11)9-4-5-10(13)8(2)6-9/h4-7,12,17H,3H2,1-2H3. The molecule has 5 heteroatoms. The Morgan fingerprint density at radius 2 is 2.24 bits per heavy atom. The lowest BCUT2D eigenvalue weighted by Gasteiger charge is -2.03. The molecular formula is C12H14FN3O. The van der Waals surface area contributed by atoms with Gasteiger partial charge in [0.05, 0.1) is 18.0 Å². The third-order valence-electron chi connectivity index (χ3n) is 2.65. The molecule has 1 unspecified atom stereocenters. The Labute approximate surface area is 98.7 Å². The lowest BCUT2D eigenvalue weighted by molar-refractivity contribution is 0.169. The van der Waals surface area contributed by atoms with Crippen LogP contribution in [0.2, 0.25) is 0 Å². The van der Waals surface area contributed by atoms with Crippen LogP contribution in [0.3, 0.4) is 0 Å². The summed E-state index contributed by atoms with van der Waals surface area (Å²) in [6.45, 7) is 3.56. The van der Waals surface area contributed by atoms with Crippen molar-refractivity contribution in [2.24, 2.45) is 0 Å². The second kappa shape index (κ2) is 4.63. The van der Waals surface area contributed by atoms with Crippen molar-refractivity contribution in [1.29, 1.82) is 0 Å². The third kappa shape index (κ3) is 2.34. The largest absolute Gasteiger partial charge is 0.387 e. The van der Waals surface area contributed by atoms with Gasteiger partial charge < -0.3 is 5.11 Å². The molecule has 0 fully saturated rings. The van der Waals surface area contributed by atoms with Crippen molar-refractivity contribution < 1.29 is 9.50 Å². The Bertz CT molecular complexity index is 524. The maximum atomic E-state index is 13.1. The average Bonchev–Trinajstić information content (AvgIpc) is 2.81. The van der Waals surface area contributed by atoms with Crippen LogP contribution in [0, 0.1) is 12.7 Å². The Kier molecular flexibility index (Phi) is 3.19. The van der Waals surface area contributed by atoms with Gasteiger partial charge in [0, 0.05) is 0 Å². The molecule has 1 N–H and O–H groups in total. The number of aromatic nitrogens is 3. The molecule has 0 aliphatic heterocycles. The van der Waals surface area contributed by atoms with E-state index < -0.39 is 6.10 Å². The Balaban J connectivity index is 2.33. The summed E-state index contributed by atoms with van der Waals surface area (Å²) in [6.07, 6.45) is 1.63. The third-order valence-corrected chi connectivity index (χ3v) is 2.65. The normalized spacial score (nSPS) is 12.7. The van der Waals surface area contributed by atoms with Crippen LogP contribution in [0.4, 0.5) is 4.39 Å². The first-order chi connectivity index (χ1) is 8.11. The van der Waals surface area contributed by atoms with E-state index in [9.17, 15) is 9.50 Å². The minimum Gasteiger partial charge on any atom is -0.387 e. The molecule has 17 heavy (non-hydrogen) atoms. The van der Waals surface area contributed by atoms with Gasteiger partial charge in [-0.25, -0.2) is 9.07 Å². The van der Waals surface area contributed by atoms with Crippen LogP contribution in [0.1, 0.15) is 30.7 Å². The molecule has 4 nitrogen and oxygen atoms in total. The Morgan fingerprint density at radius 3 is 2.88 bits per heavy atom. The van der Waals surface area contributed by atoms with Crippen molar-refractivity contribution in [3.8, 4) is 5.69 Å². The van der Waals surface area contributed by atoms with Crippen LogP contribution < -0.4 is 0 Å². The first-order valence-corrected chi connectivity index (χ1v) is 5.48. The Hall–Kier alpha value is -1.75. The molecule has 1 aromatic carbocycles. The molecular weight excluding hydrogens is 221 g/mol. The Morgan fingerprint density at radius 1 is 1.47 bits per heavy atom.